The van der Waals surface area contributed by atoms with E-state index in [1.54, 1.807) is 25.1 Å². The first kappa shape index (κ1) is 18.1. The molecule has 2 amide bonds. The molecule has 0 unspecified atom stereocenters. The summed E-state index contributed by atoms with van der Waals surface area (Å²) in [6.07, 6.45) is 1.32. The van der Waals surface area contributed by atoms with Gasteiger partial charge in [-0.05, 0) is 44.4 Å². The van der Waals surface area contributed by atoms with Gasteiger partial charge in [-0.15, -0.1) is 23.2 Å². The summed E-state index contributed by atoms with van der Waals surface area (Å²) in [6.45, 7) is 6.06. The van der Waals surface area contributed by atoms with Crippen LogP contribution in [0.2, 0.25) is 0 Å². The van der Waals surface area contributed by atoms with Gasteiger partial charge in [0, 0.05) is 18.2 Å². The van der Waals surface area contributed by atoms with Gasteiger partial charge in [-0.1, -0.05) is 19.1 Å². The quantitative estimate of drug-likeness (QED) is 0.767. The van der Waals surface area contributed by atoms with E-state index in [9.17, 15) is 9.59 Å². The monoisotopic (exact) mass is 356 g/mol. The third-order valence-corrected chi connectivity index (χ3v) is 5.49. The molecule has 0 heterocycles. The third-order valence-electron chi connectivity index (χ3n) is 4.39. The number of amides is 2. The second-order valence-corrected chi connectivity index (χ2v) is 7.86. The van der Waals surface area contributed by atoms with Crippen molar-refractivity contribution in [2.45, 2.75) is 50.5 Å². The highest BCUT2D eigenvalue weighted by Crippen LogP contribution is 2.63. The van der Waals surface area contributed by atoms with E-state index < -0.39 is 9.75 Å². The van der Waals surface area contributed by atoms with Crippen molar-refractivity contribution in [3.63, 3.8) is 0 Å². The maximum absolute atomic E-state index is 12.2. The van der Waals surface area contributed by atoms with Gasteiger partial charge in [-0.3, -0.25) is 9.59 Å². The number of alkyl halides is 2. The highest BCUT2D eigenvalue weighted by molar-refractivity contribution is 6.53. The van der Waals surface area contributed by atoms with Crippen molar-refractivity contribution in [2.75, 3.05) is 0 Å². The lowest BCUT2D eigenvalue weighted by Crippen LogP contribution is -2.33. The minimum atomic E-state index is -0.977. The van der Waals surface area contributed by atoms with Crippen LogP contribution in [0.3, 0.4) is 0 Å². The third kappa shape index (κ3) is 3.99. The molecule has 1 fully saturated rings. The summed E-state index contributed by atoms with van der Waals surface area (Å²) in [5.74, 6) is -0.279. The van der Waals surface area contributed by atoms with E-state index in [0.717, 1.165) is 12.0 Å². The predicted molar refractivity (Wildman–Crippen MR) is 92.7 cm³/mol. The molecule has 1 saturated carbocycles. The molecule has 1 aromatic rings. The van der Waals surface area contributed by atoms with Crippen molar-refractivity contribution in [3.8, 4) is 0 Å². The summed E-state index contributed by atoms with van der Waals surface area (Å²) in [5.41, 5.74) is 0.703. The number of hydrogen-bond acceptors (Lipinski definition) is 2. The van der Waals surface area contributed by atoms with Gasteiger partial charge in [0.05, 0.1) is 5.41 Å². The van der Waals surface area contributed by atoms with Crippen LogP contribution in [0.5, 0.6) is 0 Å². The van der Waals surface area contributed by atoms with Crippen LogP contribution in [0.15, 0.2) is 24.3 Å². The Kier molecular flexibility index (Phi) is 5.27. The van der Waals surface area contributed by atoms with Crippen LogP contribution < -0.4 is 10.6 Å². The standard InChI is InChI=1S/C17H22Cl2N2O2/c1-4-11(2)21-14(22)13-7-5-6-12(8-13)9-20-15(23)16(3)10-17(16,18)19/h5-8,11H,4,9-10H2,1-3H3,(H,20,23)(H,21,22)/t11-,16-/m1/s1. The fraction of sp³-hybridized carbons (Fsp3) is 0.529. The minimum absolute atomic E-state index is 0.109. The number of nitrogens with one attached hydrogen (secondary N) is 2. The molecular weight excluding hydrogens is 335 g/mol. The first-order valence-corrected chi connectivity index (χ1v) is 8.51. The van der Waals surface area contributed by atoms with E-state index in [1.807, 2.05) is 19.9 Å². The molecule has 1 aromatic carbocycles. The average Bonchev–Trinajstić information content (AvgIpc) is 3.04. The Morgan fingerprint density at radius 3 is 2.57 bits per heavy atom. The van der Waals surface area contributed by atoms with Crippen LogP contribution in [0.4, 0.5) is 0 Å². The van der Waals surface area contributed by atoms with E-state index in [1.165, 1.54) is 0 Å². The molecule has 126 valence electrons. The summed E-state index contributed by atoms with van der Waals surface area (Å²) in [6, 6.07) is 7.33. The number of halogens is 2. The lowest BCUT2D eigenvalue weighted by atomic mass is 10.1. The van der Waals surface area contributed by atoms with Gasteiger partial charge in [0.1, 0.15) is 4.33 Å². The lowest BCUT2D eigenvalue weighted by molar-refractivity contribution is -0.125. The zero-order chi connectivity index (χ0) is 17.3. The Labute approximate surface area is 146 Å². The smallest absolute Gasteiger partial charge is 0.251 e. The highest BCUT2D eigenvalue weighted by Gasteiger charge is 2.67. The Morgan fingerprint density at radius 2 is 2.00 bits per heavy atom. The normalized spacial score (nSPS) is 23.0. The zero-order valence-electron chi connectivity index (χ0n) is 13.6. The summed E-state index contributed by atoms with van der Waals surface area (Å²) in [7, 11) is 0. The van der Waals surface area contributed by atoms with Crippen LogP contribution in [0, 0.1) is 5.41 Å². The van der Waals surface area contributed by atoms with Crippen molar-refractivity contribution in [1.29, 1.82) is 0 Å². The van der Waals surface area contributed by atoms with Gasteiger partial charge in [0.15, 0.2) is 0 Å². The second kappa shape index (κ2) is 6.70. The van der Waals surface area contributed by atoms with Gasteiger partial charge in [0.2, 0.25) is 5.91 Å². The molecule has 4 nitrogen and oxygen atoms in total. The fourth-order valence-corrected chi connectivity index (χ4v) is 2.96. The SMILES string of the molecule is CC[C@@H](C)NC(=O)c1cccc(CNC(=O)[C@@]2(C)CC2(Cl)Cl)c1. The Hall–Kier alpha value is -1.26. The summed E-state index contributed by atoms with van der Waals surface area (Å²) in [5, 5.41) is 5.76. The van der Waals surface area contributed by atoms with Gasteiger partial charge in [0.25, 0.3) is 5.91 Å². The molecular formula is C17H22Cl2N2O2. The Balaban J connectivity index is 1.96. The average molecular weight is 357 g/mol. The maximum Gasteiger partial charge on any atom is 0.251 e. The Morgan fingerprint density at radius 1 is 1.35 bits per heavy atom. The summed E-state index contributed by atoms with van der Waals surface area (Å²) >= 11 is 12.0. The predicted octanol–water partition coefficient (Wildman–Crippen LogP) is 3.42. The van der Waals surface area contributed by atoms with Crippen LogP contribution >= 0.6 is 23.2 Å². The minimum Gasteiger partial charge on any atom is -0.351 e. The van der Waals surface area contributed by atoms with Crippen molar-refractivity contribution < 1.29 is 9.59 Å². The van der Waals surface area contributed by atoms with E-state index >= 15 is 0 Å². The van der Waals surface area contributed by atoms with Crippen LogP contribution in [-0.2, 0) is 11.3 Å². The molecule has 2 atom stereocenters. The van der Waals surface area contributed by atoms with Gasteiger partial charge in [-0.2, -0.15) is 0 Å². The molecule has 6 heteroatoms. The summed E-state index contributed by atoms with van der Waals surface area (Å²) in [4.78, 5) is 24.3. The van der Waals surface area contributed by atoms with Gasteiger partial charge >= 0.3 is 0 Å². The first-order valence-electron chi connectivity index (χ1n) is 7.75. The fourth-order valence-electron chi connectivity index (χ4n) is 2.26. The van der Waals surface area contributed by atoms with Crippen LogP contribution in [0.25, 0.3) is 0 Å². The van der Waals surface area contributed by atoms with Gasteiger partial charge < -0.3 is 10.6 Å². The molecule has 2 N–H and O–H groups in total. The second-order valence-electron chi connectivity index (χ2n) is 6.38. The number of rotatable bonds is 6. The first-order chi connectivity index (χ1) is 10.7. The van der Waals surface area contributed by atoms with Crippen molar-refractivity contribution >= 4 is 35.0 Å². The van der Waals surface area contributed by atoms with E-state index in [0.29, 0.717) is 18.5 Å². The molecule has 0 spiro atoms. The molecule has 23 heavy (non-hydrogen) atoms. The van der Waals surface area contributed by atoms with E-state index in [-0.39, 0.29) is 17.9 Å². The molecule has 1 aliphatic rings. The van der Waals surface area contributed by atoms with Crippen molar-refractivity contribution in [1.82, 2.24) is 10.6 Å². The number of carbonyl (C=O) groups excluding carboxylic acids is 2. The number of hydrogen-bond donors (Lipinski definition) is 2. The van der Waals surface area contributed by atoms with Crippen molar-refractivity contribution in [2.24, 2.45) is 5.41 Å². The molecule has 1 aliphatic carbocycles. The largest absolute Gasteiger partial charge is 0.351 e. The molecule has 2 rings (SSSR count). The summed E-state index contributed by atoms with van der Waals surface area (Å²) < 4.78 is -0.977. The lowest BCUT2D eigenvalue weighted by Gasteiger charge is -2.14. The topological polar surface area (TPSA) is 58.2 Å². The number of carbonyl (C=O) groups is 2. The van der Waals surface area contributed by atoms with E-state index in [2.05, 4.69) is 10.6 Å². The molecule has 0 saturated heterocycles. The molecule has 0 aromatic heterocycles. The van der Waals surface area contributed by atoms with Crippen LogP contribution in [-0.4, -0.2) is 22.2 Å². The molecule has 0 radical (unpaired) electrons. The highest BCUT2D eigenvalue weighted by atomic mass is 35.5. The van der Waals surface area contributed by atoms with E-state index in [4.69, 9.17) is 23.2 Å². The van der Waals surface area contributed by atoms with Gasteiger partial charge in [-0.25, -0.2) is 0 Å². The molecule has 0 aliphatic heterocycles. The maximum atomic E-state index is 12.2. The number of benzene rings is 1. The van der Waals surface area contributed by atoms with Crippen LogP contribution in [0.1, 0.15) is 49.5 Å². The molecule has 0 bridgehead atoms. The Bertz CT molecular complexity index is 618. The van der Waals surface area contributed by atoms with Crippen molar-refractivity contribution in [3.05, 3.63) is 35.4 Å². The zero-order valence-corrected chi connectivity index (χ0v) is 15.1.